The van der Waals surface area contributed by atoms with Crippen LogP contribution in [0.25, 0.3) is 0 Å². The molecule has 1 aliphatic carbocycles. The van der Waals surface area contributed by atoms with Crippen molar-refractivity contribution in [2.24, 2.45) is 0 Å². The Kier molecular flexibility index (Phi) is 4.77. The van der Waals surface area contributed by atoms with Crippen molar-refractivity contribution in [2.75, 3.05) is 20.8 Å². The van der Waals surface area contributed by atoms with E-state index in [-0.39, 0.29) is 11.6 Å². The maximum absolute atomic E-state index is 5.74. The van der Waals surface area contributed by atoms with Crippen LogP contribution in [0.4, 0.5) is 0 Å². The van der Waals surface area contributed by atoms with E-state index in [0.717, 1.165) is 31.6 Å². The lowest BCUT2D eigenvalue weighted by molar-refractivity contribution is -0.0837. The zero-order valence-electron chi connectivity index (χ0n) is 12.1. The summed E-state index contributed by atoms with van der Waals surface area (Å²) in [7, 11) is 3.50. The number of ether oxygens (including phenoxy) is 2. The molecule has 19 heavy (non-hydrogen) atoms. The first kappa shape index (κ1) is 14.3. The van der Waals surface area contributed by atoms with Crippen LogP contribution in [0.3, 0.4) is 0 Å². The molecule has 1 N–H and O–H groups in total. The predicted molar refractivity (Wildman–Crippen MR) is 75.4 cm³/mol. The van der Waals surface area contributed by atoms with Gasteiger partial charge in [-0.3, -0.25) is 4.98 Å². The van der Waals surface area contributed by atoms with Gasteiger partial charge in [-0.15, -0.1) is 0 Å². The zero-order valence-corrected chi connectivity index (χ0v) is 12.1. The van der Waals surface area contributed by atoms with E-state index in [0.29, 0.717) is 0 Å². The lowest BCUT2D eigenvalue weighted by atomic mass is 9.75. The number of pyridine rings is 1. The second kappa shape index (κ2) is 6.35. The van der Waals surface area contributed by atoms with Crippen molar-refractivity contribution in [1.29, 1.82) is 0 Å². The van der Waals surface area contributed by atoms with Gasteiger partial charge in [-0.2, -0.15) is 0 Å². The van der Waals surface area contributed by atoms with Crippen molar-refractivity contribution in [3.8, 4) is 5.75 Å². The molecule has 1 aliphatic rings. The van der Waals surface area contributed by atoms with Crippen molar-refractivity contribution in [2.45, 2.75) is 44.2 Å². The van der Waals surface area contributed by atoms with Gasteiger partial charge in [-0.1, -0.05) is 6.92 Å². The van der Waals surface area contributed by atoms with Gasteiger partial charge >= 0.3 is 0 Å². The van der Waals surface area contributed by atoms with Gasteiger partial charge in [0.2, 0.25) is 0 Å². The minimum absolute atomic E-state index is 0.0515. The maximum atomic E-state index is 5.74. The summed E-state index contributed by atoms with van der Waals surface area (Å²) in [6, 6.07) is 2.33. The van der Waals surface area contributed by atoms with Crippen molar-refractivity contribution in [3.63, 3.8) is 0 Å². The molecule has 0 bridgehead atoms. The number of hydrogen-bond acceptors (Lipinski definition) is 4. The Morgan fingerprint density at radius 1 is 1.37 bits per heavy atom. The normalized spacial score (nSPS) is 18.7. The van der Waals surface area contributed by atoms with Gasteiger partial charge in [-0.25, -0.2) is 0 Å². The third-order valence-corrected chi connectivity index (χ3v) is 4.10. The average Bonchev–Trinajstić information content (AvgIpc) is 2.41. The van der Waals surface area contributed by atoms with Gasteiger partial charge in [0, 0.05) is 19.3 Å². The molecule has 0 amide bonds. The summed E-state index contributed by atoms with van der Waals surface area (Å²) in [5, 5.41) is 3.53. The molecule has 1 heterocycles. The molecule has 1 fully saturated rings. The second-order valence-electron chi connectivity index (χ2n) is 5.21. The van der Waals surface area contributed by atoms with Gasteiger partial charge in [0.1, 0.15) is 5.75 Å². The highest BCUT2D eigenvalue weighted by molar-refractivity contribution is 5.26. The maximum Gasteiger partial charge on any atom is 0.137 e. The molecule has 1 aromatic heterocycles. The number of methoxy groups -OCH3 is 2. The van der Waals surface area contributed by atoms with Crippen molar-refractivity contribution in [1.82, 2.24) is 10.3 Å². The predicted octanol–water partition coefficient (Wildman–Crippen LogP) is 2.70. The monoisotopic (exact) mass is 264 g/mol. The Labute approximate surface area is 115 Å². The van der Waals surface area contributed by atoms with Crippen LogP contribution in [0.2, 0.25) is 0 Å². The van der Waals surface area contributed by atoms with Crippen LogP contribution in [0.5, 0.6) is 5.75 Å². The molecule has 0 radical (unpaired) electrons. The second-order valence-corrected chi connectivity index (χ2v) is 5.21. The Balaban J connectivity index is 2.14. The molecular formula is C15H24N2O2. The number of nitrogens with one attached hydrogen (secondary N) is 1. The van der Waals surface area contributed by atoms with Crippen LogP contribution in [0, 0.1) is 0 Å². The van der Waals surface area contributed by atoms with Crippen LogP contribution < -0.4 is 10.1 Å². The summed E-state index contributed by atoms with van der Waals surface area (Å²) in [4.78, 5) is 4.25. The highest BCUT2D eigenvalue weighted by atomic mass is 16.5. The first-order valence-electron chi connectivity index (χ1n) is 7.00. The molecule has 0 aromatic carbocycles. The summed E-state index contributed by atoms with van der Waals surface area (Å²) in [5.74, 6) is 0.806. The fourth-order valence-electron chi connectivity index (χ4n) is 2.73. The molecule has 0 aliphatic heterocycles. The molecule has 1 atom stereocenters. The highest BCUT2D eigenvalue weighted by Crippen LogP contribution is 2.42. The van der Waals surface area contributed by atoms with Gasteiger partial charge < -0.3 is 14.8 Å². The van der Waals surface area contributed by atoms with Gasteiger partial charge in [0.25, 0.3) is 0 Å². The summed E-state index contributed by atoms with van der Waals surface area (Å²) in [6.45, 7) is 3.06. The summed E-state index contributed by atoms with van der Waals surface area (Å²) >= 11 is 0. The van der Waals surface area contributed by atoms with Crippen LogP contribution in [-0.2, 0) is 4.74 Å². The van der Waals surface area contributed by atoms with Crippen molar-refractivity contribution < 1.29 is 9.47 Å². The number of hydrogen-bond donors (Lipinski definition) is 1. The zero-order chi connectivity index (χ0) is 13.7. The van der Waals surface area contributed by atoms with E-state index in [1.54, 1.807) is 13.3 Å². The van der Waals surface area contributed by atoms with Crippen LogP contribution in [-0.4, -0.2) is 31.3 Å². The Bertz CT molecular complexity index is 399. The van der Waals surface area contributed by atoms with Crippen LogP contribution in [0.15, 0.2) is 18.5 Å². The molecule has 1 unspecified atom stereocenters. The van der Waals surface area contributed by atoms with E-state index in [2.05, 4.69) is 23.3 Å². The number of nitrogens with zero attached hydrogens (tertiary/aromatic N) is 1. The Morgan fingerprint density at radius 3 is 2.68 bits per heavy atom. The first-order chi connectivity index (χ1) is 9.23. The van der Waals surface area contributed by atoms with E-state index in [1.165, 1.54) is 12.0 Å². The lowest BCUT2D eigenvalue weighted by Gasteiger charge is -2.43. The minimum atomic E-state index is 0.0515. The van der Waals surface area contributed by atoms with E-state index >= 15 is 0 Å². The van der Waals surface area contributed by atoms with Crippen molar-refractivity contribution in [3.05, 3.63) is 24.0 Å². The van der Waals surface area contributed by atoms with E-state index in [4.69, 9.17) is 9.47 Å². The third-order valence-electron chi connectivity index (χ3n) is 4.10. The molecule has 4 nitrogen and oxygen atoms in total. The summed E-state index contributed by atoms with van der Waals surface area (Å²) in [5.41, 5.74) is 1.22. The molecule has 1 saturated carbocycles. The van der Waals surface area contributed by atoms with Gasteiger partial charge in [0.15, 0.2) is 0 Å². The molecule has 4 heteroatoms. The van der Waals surface area contributed by atoms with Crippen LogP contribution in [0.1, 0.15) is 44.2 Å². The lowest BCUT2D eigenvalue weighted by Crippen LogP contribution is -2.42. The minimum Gasteiger partial charge on any atom is -0.495 e. The fourth-order valence-corrected chi connectivity index (χ4v) is 2.73. The summed E-state index contributed by atoms with van der Waals surface area (Å²) in [6.07, 6.45) is 8.22. The van der Waals surface area contributed by atoms with Crippen molar-refractivity contribution >= 4 is 0 Å². The molecular weight excluding hydrogens is 240 g/mol. The molecule has 0 saturated heterocycles. The van der Waals surface area contributed by atoms with Gasteiger partial charge in [-0.05, 0) is 43.9 Å². The largest absolute Gasteiger partial charge is 0.495 e. The van der Waals surface area contributed by atoms with E-state index in [9.17, 15) is 0 Å². The van der Waals surface area contributed by atoms with Gasteiger partial charge in [0.05, 0.1) is 18.9 Å². The standard InChI is InChI=1S/C15H24N2O2/c1-4-17-14(9-15(19-3)6-5-7-15)12-8-13(18-2)11-16-10-12/h8,10-11,14,17H,4-7,9H2,1-3H3. The highest BCUT2D eigenvalue weighted by Gasteiger charge is 2.39. The SMILES string of the molecule is CCNC(CC1(OC)CCC1)c1cncc(OC)c1. The third kappa shape index (κ3) is 3.25. The molecule has 2 rings (SSSR count). The molecule has 106 valence electrons. The quantitative estimate of drug-likeness (QED) is 0.822. The van der Waals surface area contributed by atoms with E-state index in [1.807, 2.05) is 13.3 Å². The van der Waals surface area contributed by atoms with Crippen LogP contribution >= 0.6 is 0 Å². The Morgan fingerprint density at radius 2 is 2.16 bits per heavy atom. The topological polar surface area (TPSA) is 43.4 Å². The smallest absolute Gasteiger partial charge is 0.137 e. The first-order valence-corrected chi connectivity index (χ1v) is 7.00. The fraction of sp³-hybridized carbons (Fsp3) is 0.667. The number of aromatic nitrogens is 1. The molecule has 1 aromatic rings. The average molecular weight is 264 g/mol. The summed E-state index contributed by atoms with van der Waals surface area (Å²) < 4.78 is 11.0. The number of rotatable bonds is 7. The molecule has 0 spiro atoms. The Hall–Kier alpha value is -1.13. The van der Waals surface area contributed by atoms with E-state index < -0.39 is 0 Å².